The monoisotopic (exact) mass is 251 g/mol. The molecular formula is C12H17N3O3. The summed E-state index contributed by atoms with van der Waals surface area (Å²) in [6, 6.07) is 0. The van der Waals surface area contributed by atoms with Crippen molar-refractivity contribution in [2.45, 2.75) is 32.5 Å². The van der Waals surface area contributed by atoms with Crippen molar-refractivity contribution < 1.29 is 14.3 Å². The zero-order chi connectivity index (χ0) is 13.1. The first-order valence-electron chi connectivity index (χ1n) is 5.86. The van der Waals surface area contributed by atoms with E-state index < -0.39 is 5.97 Å². The summed E-state index contributed by atoms with van der Waals surface area (Å²) in [5, 5.41) is 3.16. The second-order valence-electron chi connectivity index (χ2n) is 4.26. The molecule has 0 bridgehead atoms. The van der Waals surface area contributed by atoms with E-state index in [1.165, 1.54) is 7.11 Å². The van der Waals surface area contributed by atoms with Gasteiger partial charge in [-0.05, 0) is 6.92 Å². The molecule has 1 atom stereocenters. The second-order valence-corrected chi connectivity index (χ2v) is 4.26. The molecule has 0 aliphatic carbocycles. The summed E-state index contributed by atoms with van der Waals surface area (Å²) in [5.41, 5.74) is 2.09. The minimum absolute atomic E-state index is 0.0166. The summed E-state index contributed by atoms with van der Waals surface area (Å²) >= 11 is 0. The number of hydrogen-bond acceptors (Lipinski definition) is 6. The minimum Gasteiger partial charge on any atom is -0.464 e. The van der Waals surface area contributed by atoms with Crippen molar-refractivity contribution in [2.75, 3.05) is 14.2 Å². The molecule has 18 heavy (non-hydrogen) atoms. The summed E-state index contributed by atoms with van der Waals surface area (Å²) in [6.07, 6.45) is 0.594. The Kier molecular flexibility index (Phi) is 3.88. The van der Waals surface area contributed by atoms with Gasteiger partial charge in [0.1, 0.15) is 5.82 Å². The number of esters is 1. The van der Waals surface area contributed by atoms with E-state index in [-0.39, 0.29) is 6.10 Å². The largest absolute Gasteiger partial charge is 0.464 e. The fourth-order valence-electron chi connectivity index (χ4n) is 1.92. The van der Waals surface area contributed by atoms with Crippen molar-refractivity contribution in [3.63, 3.8) is 0 Å². The van der Waals surface area contributed by atoms with Gasteiger partial charge in [-0.2, -0.15) is 0 Å². The molecule has 0 amide bonds. The highest BCUT2D eigenvalue weighted by molar-refractivity contribution is 5.89. The first-order valence-corrected chi connectivity index (χ1v) is 5.86. The van der Waals surface area contributed by atoms with Crippen LogP contribution in [0.1, 0.15) is 34.5 Å². The van der Waals surface area contributed by atoms with Crippen molar-refractivity contribution in [1.29, 1.82) is 0 Å². The van der Waals surface area contributed by atoms with Gasteiger partial charge in [-0.3, -0.25) is 0 Å². The highest BCUT2D eigenvalue weighted by atomic mass is 16.5. The number of hydrogen-bond donors (Lipinski definition) is 1. The Morgan fingerprint density at radius 3 is 2.83 bits per heavy atom. The van der Waals surface area contributed by atoms with Crippen LogP contribution < -0.4 is 5.32 Å². The summed E-state index contributed by atoms with van der Waals surface area (Å²) in [6.45, 7) is 3.21. The van der Waals surface area contributed by atoms with Gasteiger partial charge in [-0.1, -0.05) is 0 Å². The van der Waals surface area contributed by atoms with Gasteiger partial charge in [0.2, 0.25) is 0 Å². The fourth-order valence-corrected chi connectivity index (χ4v) is 1.92. The number of nitrogens with one attached hydrogen (secondary N) is 1. The Hall–Kier alpha value is -1.53. The molecule has 1 aliphatic rings. The molecule has 0 aromatic carbocycles. The molecular weight excluding hydrogens is 234 g/mol. The Morgan fingerprint density at radius 2 is 2.17 bits per heavy atom. The van der Waals surface area contributed by atoms with Crippen LogP contribution in [0.2, 0.25) is 0 Å². The van der Waals surface area contributed by atoms with Gasteiger partial charge in [0, 0.05) is 32.2 Å². The Bertz CT molecular complexity index is 462. The van der Waals surface area contributed by atoms with Crippen LogP contribution in [-0.4, -0.2) is 36.3 Å². The summed E-state index contributed by atoms with van der Waals surface area (Å²) < 4.78 is 9.95. The maximum atomic E-state index is 11.7. The molecule has 6 heteroatoms. The van der Waals surface area contributed by atoms with Crippen LogP contribution in [0.25, 0.3) is 0 Å². The normalized spacial score (nSPS) is 15.3. The lowest BCUT2D eigenvalue weighted by atomic mass is 10.1. The van der Waals surface area contributed by atoms with Crippen LogP contribution in [0.15, 0.2) is 0 Å². The van der Waals surface area contributed by atoms with Crippen molar-refractivity contribution in [3.8, 4) is 0 Å². The molecule has 6 nitrogen and oxygen atoms in total. The maximum Gasteiger partial charge on any atom is 0.357 e. The number of nitrogens with zero attached hydrogens (tertiary/aromatic N) is 2. The predicted molar refractivity (Wildman–Crippen MR) is 64.1 cm³/mol. The van der Waals surface area contributed by atoms with E-state index in [1.54, 1.807) is 7.11 Å². The van der Waals surface area contributed by atoms with E-state index in [2.05, 4.69) is 15.3 Å². The van der Waals surface area contributed by atoms with Gasteiger partial charge < -0.3 is 14.8 Å². The first-order chi connectivity index (χ1) is 8.65. The van der Waals surface area contributed by atoms with Gasteiger partial charge in [0.25, 0.3) is 0 Å². The number of rotatable bonds is 4. The molecule has 0 spiro atoms. The topological polar surface area (TPSA) is 73.3 Å². The number of carbonyl (C=O) groups excluding carboxylic acids is 1. The Morgan fingerprint density at radius 1 is 1.39 bits per heavy atom. The number of methoxy groups -OCH3 is 2. The summed E-state index contributed by atoms with van der Waals surface area (Å²) in [5.74, 6) is 0.205. The third kappa shape index (κ3) is 2.49. The molecule has 2 rings (SSSR count). The van der Waals surface area contributed by atoms with Gasteiger partial charge in [-0.25, -0.2) is 14.8 Å². The number of fused-ring (bicyclic) bond motifs is 1. The first kappa shape index (κ1) is 12.9. The van der Waals surface area contributed by atoms with Crippen molar-refractivity contribution in [1.82, 2.24) is 15.3 Å². The molecule has 0 fully saturated rings. The highest BCUT2D eigenvalue weighted by Gasteiger charge is 2.24. The lowest BCUT2D eigenvalue weighted by Gasteiger charge is -2.11. The molecule has 1 N–H and O–H groups in total. The third-order valence-electron chi connectivity index (χ3n) is 2.98. The molecule has 98 valence electrons. The third-order valence-corrected chi connectivity index (χ3v) is 2.98. The van der Waals surface area contributed by atoms with E-state index in [4.69, 9.17) is 9.47 Å². The van der Waals surface area contributed by atoms with Gasteiger partial charge in [0.15, 0.2) is 5.69 Å². The maximum absolute atomic E-state index is 11.7. The summed E-state index contributed by atoms with van der Waals surface area (Å²) in [7, 11) is 3.00. The molecule has 2 heterocycles. The van der Waals surface area contributed by atoms with E-state index in [9.17, 15) is 4.79 Å². The summed E-state index contributed by atoms with van der Waals surface area (Å²) in [4.78, 5) is 20.5. The lowest BCUT2D eigenvalue weighted by Crippen LogP contribution is -2.17. The zero-order valence-electron chi connectivity index (χ0n) is 10.8. The molecule has 0 saturated heterocycles. The van der Waals surface area contributed by atoms with E-state index in [0.717, 1.165) is 11.3 Å². The van der Waals surface area contributed by atoms with Crippen LogP contribution in [0, 0.1) is 0 Å². The van der Waals surface area contributed by atoms with Crippen LogP contribution in [0.4, 0.5) is 0 Å². The number of carbonyl (C=O) groups is 1. The van der Waals surface area contributed by atoms with Gasteiger partial charge in [-0.15, -0.1) is 0 Å². The van der Waals surface area contributed by atoms with Gasteiger partial charge >= 0.3 is 5.97 Å². The average molecular weight is 251 g/mol. The lowest BCUT2D eigenvalue weighted by molar-refractivity contribution is 0.0591. The minimum atomic E-state index is -0.413. The second kappa shape index (κ2) is 5.41. The average Bonchev–Trinajstić information content (AvgIpc) is 2.84. The fraction of sp³-hybridized carbons (Fsp3) is 0.583. The van der Waals surface area contributed by atoms with E-state index in [0.29, 0.717) is 31.0 Å². The standard InChI is InChI=1S/C12H17N3O3/c1-7(17-2)4-10-14-9-6-13-5-8(9)11(15-10)12(16)18-3/h7,13H,4-6H2,1-3H3. The van der Waals surface area contributed by atoms with Crippen LogP contribution in [-0.2, 0) is 29.0 Å². The van der Waals surface area contributed by atoms with Crippen LogP contribution in [0.3, 0.4) is 0 Å². The Balaban J connectivity index is 2.36. The molecule has 1 unspecified atom stereocenters. The number of aromatic nitrogens is 2. The molecule has 0 radical (unpaired) electrons. The van der Waals surface area contributed by atoms with Crippen molar-refractivity contribution in [3.05, 3.63) is 22.8 Å². The molecule has 1 aromatic heterocycles. The quantitative estimate of drug-likeness (QED) is 0.783. The van der Waals surface area contributed by atoms with Gasteiger partial charge in [0.05, 0.1) is 18.9 Å². The molecule has 1 aliphatic heterocycles. The smallest absolute Gasteiger partial charge is 0.357 e. The zero-order valence-corrected chi connectivity index (χ0v) is 10.8. The predicted octanol–water partition coefficient (Wildman–Crippen LogP) is 0.444. The Labute approximate surface area is 106 Å². The van der Waals surface area contributed by atoms with E-state index >= 15 is 0 Å². The van der Waals surface area contributed by atoms with Crippen molar-refractivity contribution >= 4 is 5.97 Å². The van der Waals surface area contributed by atoms with Crippen LogP contribution >= 0.6 is 0 Å². The van der Waals surface area contributed by atoms with E-state index in [1.807, 2.05) is 6.92 Å². The molecule has 1 aromatic rings. The SMILES string of the molecule is COC(=O)c1nc(CC(C)OC)nc2c1CNC2. The number of ether oxygens (including phenoxy) is 2. The van der Waals surface area contributed by atoms with Crippen molar-refractivity contribution in [2.24, 2.45) is 0 Å². The van der Waals surface area contributed by atoms with Crippen LogP contribution in [0.5, 0.6) is 0 Å². The molecule has 0 saturated carbocycles. The highest BCUT2D eigenvalue weighted by Crippen LogP contribution is 2.18.